The summed E-state index contributed by atoms with van der Waals surface area (Å²) in [5.74, 6) is -0.413. The highest BCUT2D eigenvalue weighted by atomic mass is 16.5. The van der Waals surface area contributed by atoms with E-state index in [1.165, 1.54) is 0 Å². The molecule has 9 nitrogen and oxygen atoms in total. The molecule has 2 aliphatic rings. The van der Waals surface area contributed by atoms with Crippen molar-refractivity contribution in [2.45, 2.75) is 47.1 Å². The van der Waals surface area contributed by atoms with Crippen molar-refractivity contribution in [1.29, 1.82) is 0 Å². The highest BCUT2D eigenvalue weighted by Crippen LogP contribution is 2.34. The second-order valence-corrected chi connectivity index (χ2v) is 9.06. The van der Waals surface area contributed by atoms with Crippen LogP contribution in [0.4, 0.5) is 9.59 Å². The monoisotopic (exact) mass is 485 g/mol. The number of nitrogens with one attached hydrogen (secondary N) is 2. The first-order valence-corrected chi connectivity index (χ1v) is 12.6. The lowest BCUT2D eigenvalue weighted by molar-refractivity contribution is -0.139. The first kappa shape index (κ1) is 26.5. The van der Waals surface area contributed by atoms with E-state index in [1.54, 1.807) is 11.8 Å². The first-order valence-electron chi connectivity index (χ1n) is 12.6. The second-order valence-electron chi connectivity index (χ2n) is 9.06. The maximum Gasteiger partial charge on any atom is 0.338 e. The molecule has 1 aromatic carbocycles. The molecule has 0 radical (unpaired) electrons. The van der Waals surface area contributed by atoms with E-state index < -0.39 is 12.0 Å². The number of rotatable bonds is 8. The van der Waals surface area contributed by atoms with Gasteiger partial charge in [-0.15, -0.1) is 0 Å². The normalized spacial score (nSPS) is 19.0. The van der Waals surface area contributed by atoms with Crippen molar-refractivity contribution < 1.29 is 19.1 Å². The Labute approximate surface area is 208 Å². The molecule has 35 heavy (non-hydrogen) atoms. The smallest absolute Gasteiger partial charge is 0.338 e. The number of hydrogen-bond donors (Lipinski definition) is 2. The van der Waals surface area contributed by atoms with Gasteiger partial charge < -0.3 is 20.3 Å². The minimum Gasteiger partial charge on any atom is -0.463 e. The minimum absolute atomic E-state index is 0.0415. The van der Waals surface area contributed by atoms with Gasteiger partial charge in [-0.1, -0.05) is 30.7 Å². The number of benzene rings is 1. The Morgan fingerprint density at radius 1 is 1.11 bits per heavy atom. The van der Waals surface area contributed by atoms with E-state index in [-0.39, 0.29) is 18.7 Å². The van der Waals surface area contributed by atoms with Gasteiger partial charge in [0.1, 0.15) is 0 Å². The zero-order valence-corrected chi connectivity index (χ0v) is 21.6. The Kier molecular flexibility index (Phi) is 9.14. The molecule has 1 aromatic rings. The van der Waals surface area contributed by atoms with Crippen LogP contribution >= 0.6 is 0 Å². The number of ether oxygens (including phenoxy) is 1. The van der Waals surface area contributed by atoms with Crippen LogP contribution in [0.2, 0.25) is 0 Å². The summed E-state index contributed by atoms with van der Waals surface area (Å²) in [6, 6.07) is 5.20. The first-order chi connectivity index (χ1) is 16.8. The van der Waals surface area contributed by atoms with E-state index in [4.69, 9.17) is 4.74 Å². The minimum atomic E-state index is -0.583. The molecule has 1 saturated heterocycles. The van der Waals surface area contributed by atoms with Crippen LogP contribution < -0.4 is 10.6 Å². The van der Waals surface area contributed by atoms with Gasteiger partial charge in [0.15, 0.2) is 0 Å². The van der Waals surface area contributed by atoms with Crippen molar-refractivity contribution in [3.05, 3.63) is 46.2 Å². The van der Waals surface area contributed by atoms with Crippen LogP contribution in [0.25, 0.3) is 0 Å². The Hall–Kier alpha value is -3.07. The lowest BCUT2D eigenvalue weighted by atomic mass is 9.90. The maximum absolute atomic E-state index is 13.3. The van der Waals surface area contributed by atoms with Crippen molar-refractivity contribution in [3.8, 4) is 0 Å². The van der Waals surface area contributed by atoms with Gasteiger partial charge in [-0.05, 0) is 45.2 Å². The highest BCUT2D eigenvalue weighted by Gasteiger charge is 2.39. The van der Waals surface area contributed by atoms with Crippen LogP contribution in [0, 0.1) is 13.8 Å². The van der Waals surface area contributed by atoms with E-state index in [9.17, 15) is 14.4 Å². The quantitative estimate of drug-likeness (QED) is 0.552. The fourth-order valence-electron chi connectivity index (χ4n) is 4.63. The summed E-state index contributed by atoms with van der Waals surface area (Å²) in [5.41, 5.74) is 4.10. The van der Waals surface area contributed by atoms with Gasteiger partial charge in [0, 0.05) is 51.5 Å². The molecule has 0 aliphatic carbocycles. The predicted octanol–water partition coefficient (Wildman–Crippen LogP) is 2.94. The van der Waals surface area contributed by atoms with Crippen LogP contribution in [0.15, 0.2) is 29.5 Å². The number of piperazine rings is 1. The van der Waals surface area contributed by atoms with E-state index >= 15 is 0 Å². The maximum atomic E-state index is 13.3. The molecule has 2 heterocycles. The van der Waals surface area contributed by atoms with Crippen LogP contribution in [0.3, 0.4) is 0 Å². The van der Waals surface area contributed by atoms with Gasteiger partial charge >= 0.3 is 18.0 Å². The molecule has 4 amide bonds. The predicted molar refractivity (Wildman–Crippen MR) is 135 cm³/mol. The van der Waals surface area contributed by atoms with Crippen LogP contribution in [-0.4, -0.2) is 85.2 Å². The second kappa shape index (κ2) is 12.1. The summed E-state index contributed by atoms with van der Waals surface area (Å²) in [6.07, 6.45) is 0.896. The third kappa shape index (κ3) is 6.14. The van der Waals surface area contributed by atoms with E-state index in [2.05, 4.69) is 15.5 Å². The molecule has 2 aliphatic heterocycles. The molecule has 192 valence electrons. The van der Waals surface area contributed by atoms with E-state index in [0.29, 0.717) is 57.1 Å². The number of nitrogens with zero attached hydrogens (tertiary/aromatic N) is 3. The number of likely N-dealkylation sites (N-methyl/N-ethyl adjacent to an activating group) is 1. The lowest BCUT2D eigenvalue weighted by Crippen LogP contribution is -2.55. The molecule has 0 spiro atoms. The van der Waals surface area contributed by atoms with Crippen LogP contribution in [0.5, 0.6) is 0 Å². The van der Waals surface area contributed by atoms with Crippen LogP contribution in [-0.2, 0) is 9.53 Å². The molecule has 1 atom stereocenters. The number of esters is 1. The van der Waals surface area contributed by atoms with Gasteiger partial charge in [-0.2, -0.15) is 0 Å². The van der Waals surface area contributed by atoms with Crippen molar-refractivity contribution in [2.75, 3.05) is 52.4 Å². The number of amides is 4. The Morgan fingerprint density at radius 2 is 1.83 bits per heavy atom. The van der Waals surface area contributed by atoms with Gasteiger partial charge in [-0.3, -0.25) is 9.80 Å². The molecule has 3 rings (SSSR count). The summed E-state index contributed by atoms with van der Waals surface area (Å²) in [7, 11) is 0. The summed E-state index contributed by atoms with van der Waals surface area (Å²) >= 11 is 0. The Bertz CT molecular complexity index is 968. The Morgan fingerprint density at radius 3 is 2.46 bits per heavy atom. The van der Waals surface area contributed by atoms with Gasteiger partial charge in [0.05, 0.1) is 18.2 Å². The Balaban J connectivity index is 1.93. The van der Waals surface area contributed by atoms with Crippen molar-refractivity contribution >= 4 is 18.0 Å². The molecule has 9 heteroatoms. The molecular formula is C26H39N5O4. The number of carbonyl (C=O) groups excluding carboxylic acids is 3. The zero-order valence-electron chi connectivity index (χ0n) is 21.6. The standard InChI is InChI=1S/C26H39N5O4/c1-6-11-27-25(33)30-14-12-29(13-15-30)17-21-22(24(32)35-8-3)23(28-26(34)31(21)7-2)20-16-18(4)9-10-19(20)5/h9-10,16,23H,6-8,11-15,17H2,1-5H3,(H,27,33)(H,28,34)/t23-/m0/s1. The number of hydrogen-bond acceptors (Lipinski definition) is 5. The van der Waals surface area contributed by atoms with Crippen molar-refractivity contribution in [2.24, 2.45) is 0 Å². The fourth-order valence-corrected chi connectivity index (χ4v) is 4.63. The molecular weight excluding hydrogens is 446 g/mol. The molecule has 0 unspecified atom stereocenters. The molecule has 0 bridgehead atoms. The summed E-state index contributed by atoms with van der Waals surface area (Å²) in [6.45, 7) is 14.0. The third-order valence-electron chi connectivity index (χ3n) is 6.55. The average molecular weight is 486 g/mol. The largest absolute Gasteiger partial charge is 0.463 e. The highest BCUT2D eigenvalue weighted by molar-refractivity contribution is 5.95. The van der Waals surface area contributed by atoms with E-state index in [1.807, 2.05) is 50.8 Å². The number of aryl methyl sites for hydroxylation is 2. The van der Waals surface area contributed by atoms with Crippen LogP contribution in [0.1, 0.15) is 49.9 Å². The van der Waals surface area contributed by atoms with Gasteiger partial charge in [0.2, 0.25) is 0 Å². The third-order valence-corrected chi connectivity index (χ3v) is 6.55. The molecule has 0 aromatic heterocycles. The molecule has 1 fully saturated rings. The van der Waals surface area contributed by atoms with E-state index in [0.717, 1.165) is 23.1 Å². The lowest BCUT2D eigenvalue weighted by Gasteiger charge is -2.40. The summed E-state index contributed by atoms with van der Waals surface area (Å²) in [5, 5.41) is 5.98. The zero-order chi connectivity index (χ0) is 25.5. The van der Waals surface area contributed by atoms with Gasteiger partial charge in [-0.25, -0.2) is 14.4 Å². The fraction of sp³-hybridized carbons (Fsp3) is 0.577. The molecule has 0 saturated carbocycles. The number of carbonyl (C=O) groups is 3. The molecule has 2 N–H and O–H groups in total. The van der Waals surface area contributed by atoms with Crippen molar-refractivity contribution in [3.63, 3.8) is 0 Å². The average Bonchev–Trinajstić information content (AvgIpc) is 2.84. The number of urea groups is 2. The summed E-state index contributed by atoms with van der Waals surface area (Å²) < 4.78 is 5.48. The van der Waals surface area contributed by atoms with Crippen molar-refractivity contribution in [1.82, 2.24) is 25.3 Å². The SMILES string of the molecule is CCCNC(=O)N1CCN(CC2=C(C(=O)OCC)[C@H](c3cc(C)ccc3C)NC(=O)N2CC)CC1. The topological polar surface area (TPSA) is 94.2 Å². The summed E-state index contributed by atoms with van der Waals surface area (Å²) in [4.78, 5) is 44.5. The van der Waals surface area contributed by atoms with Gasteiger partial charge in [0.25, 0.3) is 0 Å².